The van der Waals surface area contributed by atoms with Gasteiger partial charge in [0.2, 0.25) is 4.91 Å². The van der Waals surface area contributed by atoms with Crippen LogP contribution in [0.15, 0.2) is 60.7 Å². The van der Waals surface area contributed by atoms with Gasteiger partial charge in [-0.3, -0.25) is 4.57 Å². The number of nitrogens with one attached hydrogen (secondary N) is 2. The standard InChI is InChI=1S/C12H10OP.H2N3/c13-14(11-7-3-1-4-8-11)12-9-5-2-6-10-12;1-3-2/h1-10H;1-2H/q;+1. The molecule has 1 radical (unpaired) electrons. The monoisotopic (exact) mass is 245 g/mol. The van der Waals surface area contributed by atoms with Gasteiger partial charge in [0.05, 0.1) is 0 Å². The van der Waals surface area contributed by atoms with Crippen molar-refractivity contribution in [3.8, 4) is 0 Å². The lowest BCUT2D eigenvalue weighted by Crippen LogP contribution is -2.04. The van der Waals surface area contributed by atoms with E-state index in [9.17, 15) is 4.57 Å². The Labute approximate surface area is 100 Å². The Bertz CT molecular complexity index is 466. The van der Waals surface area contributed by atoms with E-state index in [1.807, 2.05) is 65.6 Å². The highest BCUT2D eigenvalue weighted by Crippen LogP contribution is 2.18. The zero-order valence-corrected chi connectivity index (χ0v) is 9.97. The first-order valence-electron chi connectivity index (χ1n) is 4.90. The minimum absolute atomic E-state index is 0.883. The summed E-state index contributed by atoms with van der Waals surface area (Å²) in [5.74, 6) is 0. The average molecular weight is 245 g/mol. The van der Waals surface area contributed by atoms with Gasteiger partial charge in [-0.2, -0.15) is 0 Å². The molecule has 0 aromatic heterocycles. The van der Waals surface area contributed by atoms with Gasteiger partial charge >= 0.3 is 0 Å². The molecule has 0 bridgehead atoms. The first-order chi connectivity index (χ1) is 8.29. The molecule has 0 aliphatic rings. The molecule has 2 N–H and O–H groups in total. The summed E-state index contributed by atoms with van der Waals surface area (Å²) in [4.78, 5) is 2.00. The van der Waals surface area contributed by atoms with Gasteiger partial charge in [-0.25, -0.2) is 0 Å². The van der Waals surface area contributed by atoms with Crippen molar-refractivity contribution in [2.75, 3.05) is 0 Å². The molecule has 2 aromatic rings. The zero-order chi connectivity index (χ0) is 12.5. The van der Waals surface area contributed by atoms with E-state index in [2.05, 4.69) is 0 Å². The topological polar surface area (TPSA) is 78.9 Å². The fourth-order valence-electron chi connectivity index (χ4n) is 1.28. The van der Waals surface area contributed by atoms with Crippen LogP contribution in [0.3, 0.4) is 0 Å². The van der Waals surface area contributed by atoms with Crippen molar-refractivity contribution in [1.29, 1.82) is 11.1 Å². The van der Waals surface area contributed by atoms with E-state index in [0.717, 1.165) is 10.6 Å². The van der Waals surface area contributed by atoms with Crippen molar-refractivity contribution in [2.24, 2.45) is 0 Å². The van der Waals surface area contributed by atoms with Gasteiger partial charge in [-0.05, 0) is 24.3 Å². The highest BCUT2D eigenvalue weighted by molar-refractivity contribution is 7.61. The maximum atomic E-state index is 12.0. The quantitative estimate of drug-likeness (QED) is 0.476. The van der Waals surface area contributed by atoms with E-state index < -0.39 is 7.80 Å². The fraction of sp³-hybridized carbons (Fsp3) is 0. The highest BCUT2D eigenvalue weighted by Gasteiger charge is 2.05. The van der Waals surface area contributed by atoms with E-state index in [1.54, 1.807) is 0 Å². The van der Waals surface area contributed by atoms with Gasteiger partial charge in [-0.1, -0.05) is 36.4 Å². The van der Waals surface area contributed by atoms with Crippen molar-refractivity contribution < 1.29 is 4.57 Å². The van der Waals surface area contributed by atoms with Gasteiger partial charge < -0.3 is 0 Å². The van der Waals surface area contributed by atoms with E-state index in [-0.39, 0.29) is 0 Å². The summed E-state index contributed by atoms with van der Waals surface area (Å²) in [5, 5.41) is 1.77. The summed E-state index contributed by atoms with van der Waals surface area (Å²) in [6.45, 7) is 0. The Hall–Kier alpha value is -2.15. The third-order valence-corrected chi connectivity index (χ3v) is 3.52. The minimum atomic E-state index is -1.42. The second-order valence-corrected chi connectivity index (χ2v) is 4.70. The molecule has 0 fully saturated rings. The highest BCUT2D eigenvalue weighted by atomic mass is 31.1. The summed E-state index contributed by atoms with van der Waals surface area (Å²) in [6.07, 6.45) is 0. The molecule has 17 heavy (non-hydrogen) atoms. The lowest BCUT2D eigenvalue weighted by molar-refractivity contribution is 0.598. The summed E-state index contributed by atoms with van der Waals surface area (Å²) >= 11 is 0. The van der Waals surface area contributed by atoms with Crippen molar-refractivity contribution in [3.05, 3.63) is 60.7 Å². The van der Waals surface area contributed by atoms with Crippen LogP contribution in [-0.4, -0.2) is 0 Å². The summed E-state index contributed by atoms with van der Waals surface area (Å²) < 4.78 is 12.0. The first-order valence-corrected chi connectivity index (χ1v) is 6.16. The van der Waals surface area contributed by atoms with Crippen LogP contribution in [0.1, 0.15) is 0 Å². The Morgan fingerprint density at radius 1 is 0.765 bits per heavy atom. The maximum Gasteiger partial charge on any atom is 0.211 e. The van der Waals surface area contributed by atoms with Crippen LogP contribution in [0.2, 0.25) is 0 Å². The number of rotatable bonds is 2. The molecule has 0 heterocycles. The Balaban J connectivity index is 0.000000437. The SMILES string of the molecule is N=[N+]=N.O=[P](c1ccccc1)c1ccccc1. The lowest BCUT2D eigenvalue weighted by atomic mass is 10.4. The second kappa shape index (κ2) is 7.18. The van der Waals surface area contributed by atoms with E-state index in [0.29, 0.717) is 0 Å². The van der Waals surface area contributed by atoms with Crippen LogP contribution < -0.4 is 15.5 Å². The summed E-state index contributed by atoms with van der Waals surface area (Å²) in [5.41, 5.74) is 11.0. The Kier molecular flexibility index (Phi) is 5.45. The number of hydrogen-bond donors (Lipinski definition) is 2. The third kappa shape index (κ3) is 4.07. The van der Waals surface area contributed by atoms with Crippen LogP contribution >= 0.6 is 7.80 Å². The predicted octanol–water partition coefficient (Wildman–Crippen LogP) is 2.58. The predicted molar refractivity (Wildman–Crippen MR) is 67.3 cm³/mol. The van der Waals surface area contributed by atoms with Gasteiger partial charge in [0.25, 0.3) is 0 Å². The van der Waals surface area contributed by atoms with Gasteiger partial charge in [-0.15, -0.1) is 0 Å². The number of nitrogens with zero attached hydrogens (tertiary/aromatic N) is 1. The van der Waals surface area contributed by atoms with Gasteiger partial charge in [0.15, 0.2) is 0 Å². The molecule has 0 saturated carbocycles. The second-order valence-electron chi connectivity index (χ2n) is 3.08. The first kappa shape index (κ1) is 12.9. The molecule has 0 amide bonds. The molecule has 5 heteroatoms. The van der Waals surface area contributed by atoms with Crippen LogP contribution in [0, 0.1) is 11.1 Å². The lowest BCUT2D eigenvalue weighted by Gasteiger charge is -1.99. The minimum Gasteiger partial charge on any atom is -0.277 e. The maximum absolute atomic E-state index is 12.0. The van der Waals surface area contributed by atoms with Crippen LogP contribution in [-0.2, 0) is 4.57 Å². The third-order valence-electron chi connectivity index (χ3n) is 1.98. The molecule has 85 valence electrons. The average Bonchev–Trinajstić information content (AvgIpc) is 2.41. The van der Waals surface area contributed by atoms with E-state index in [1.165, 1.54) is 0 Å². The van der Waals surface area contributed by atoms with Crippen molar-refractivity contribution in [1.82, 2.24) is 4.91 Å². The van der Waals surface area contributed by atoms with E-state index >= 15 is 0 Å². The molecule has 0 saturated heterocycles. The fourth-order valence-corrected chi connectivity index (χ4v) is 2.46. The molecule has 0 aliphatic heterocycles. The molecule has 2 rings (SSSR count). The largest absolute Gasteiger partial charge is 0.277 e. The van der Waals surface area contributed by atoms with E-state index in [4.69, 9.17) is 11.1 Å². The molecular formula is C12H12N3OP+. The molecular weight excluding hydrogens is 233 g/mol. The van der Waals surface area contributed by atoms with Crippen molar-refractivity contribution in [2.45, 2.75) is 0 Å². The van der Waals surface area contributed by atoms with Gasteiger partial charge in [0, 0.05) is 10.6 Å². The molecule has 0 aliphatic carbocycles. The molecule has 0 spiro atoms. The van der Waals surface area contributed by atoms with Crippen LogP contribution in [0.25, 0.3) is 0 Å². The molecule has 0 unspecified atom stereocenters. The molecule has 4 nitrogen and oxygen atoms in total. The van der Waals surface area contributed by atoms with Crippen molar-refractivity contribution >= 4 is 18.4 Å². The Morgan fingerprint density at radius 3 is 1.35 bits per heavy atom. The van der Waals surface area contributed by atoms with Crippen molar-refractivity contribution in [3.63, 3.8) is 0 Å². The number of hydrogen-bond acceptors (Lipinski definition) is 3. The summed E-state index contributed by atoms with van der Waals surface area (Å²) in [6, 6.07) is 19.1. The Morgan fingerprint density at radius 2 is 1.06 bits per heavy atom. The number of benzene rings is 2. The normalized spacial score (nSPS) is 8.47. The zero-order valence-electron chi connectivity index (χ0n) is 9.08. The molecule has 2 aromatic carbocycles. The van der Waals surface area contributed by atoms with Gasteiger partial charge in [0.1, 0.15) is 18.9 Å². The van der Waals surface area contributed by atoms with Crippen LogP contribution in [0.4, 0.5) is 0 Å². The van der Waals surface area contributed by atoms with Crippen LogP contribution in [0.5, 0.6) is 0 Å². The molecule has 0 atom stereocenters. The summed E-state index contributed by atoms with van der Waals surface area (Å²) in [7, 11) is -1.42. The smallest absolute Gasteiger partial charge is 0.211 e.